The highest BCUT2D eigenvalue weighted by atomic mass is 16.5. The maximum Gasteiger partial charge on any atom is 0.222 e. The Kier molecular flexibility index (Phi) is 3.75. The average molecular weight is 325 g/mol. The van der Waals surface area contributed by atoms with E-state index in [-0.39, 0.29) is 5.95 Å². The van der Waals surface area contributed by atoms with Gasteiger partial charge in [-0.15, -0.1) is 0 Å². The molecule has 2 aliphatic carbocycles. The first-order valence-electron chi connectivity index (χ1n) is 8.67. The summed E-state index contributed by atoms with van der Waals surface area (Å²) in [6.07, 6.45) is 8.33. The summed E-state index contributed by atoms with van der Waals surface area (Å²) in [5.74, 6) is 3.29. The SMILES string of the molecule is CC(C)c1cnc(C2CC2)cc1Oc1cnc(N)nc1NC1CC1. The van der Waals surface area contributed by atoms with Crippen LogP contribution in [0.2, 0.25) is 0 Å². The van der Waals surface area contributed by atoms with E-state index in [9.17, 15) is 0 Å². The molecule has 0 saturated heterocycles. The number of rotatable bonds is 6. The topological polar surface area (TPSA) is 86.0 Å². The number of pyridine rings is 1. The highest BCUT2D eigenvalue weighted by molar-refractivity contribution is 5.55. The van der Waals surface area contributed by atoms with Crippen LogP contribution in [-0.2, 0) is 0 Å². The van der Waals surface area contributed by atoms with Crippen molar-refractivity contribution in [3.63, 3.8) is 0 Å². The molecule has 0 amide bonds. The number of nitrogens with zero attached hydrogens (tertiary/aromatic N) is 3. The summed E-state index contributed by atoms with van der Waals surface area (Å²) in [7, 11) is 0. The summed E-state index contributed by atoms with van der Waals surface area (Å²) in [5, 5.41) is 3.37. The van der Waals surface area contributed by atoms with E-state index in [2.05, 4.69) is 40.2 Å². The van der Waals surface area contributed by atoms with Crippen molar-refractivity contribution in [2.45, 2.75) is 57.4 Å². The summed E-state index contributed by atoms with van der Waals surface area (Å²) in [6, 6.07) is 2.54. The van der Waals surface area contributed by atoms with Crippen LogP contribution in [0.4, 0.5) is 11.8 Å². The molecule has 0 spiro atoms. The fourth-order valence-corrected chi connectivity index (χ4v) is 2.69. The Morgan fingerprint density at radius 2 is 1.92 bits per heavy atom. The van der Waals surface area contributed by atoms with Gasteiger partial charge in [0.1, 0.15) is 5.75 Å². The molecule has 2 aromatic rings. The monoisotopic (exact) mass is 325 g/mol. The number of anilines is 2. The van der Waals surface area contributed by atoms with E-state index in [1.807, 2.05) is 6.20 Å². The quantitative estimate of drug-likeness (QED) is 0.839. The average Bonchev–Trinajstić information content (AvgIpc) is 3.44. The van der Waals surface area contributed by atoms with Crippen molar-refractivity contribution < 1.29 is 4.74 Å². The molecule has 24 heavy (non-hydrogen) atoms. The van der Waals surface area contributed by atoms with Gasteiger partial charge in [0.25, 0.3) is 0 Å². The summed E-state index contributed by atoms with van der Waals surface area (Å²) >= 11 is 0. The first-order chi connectivity index (χ1) is 11.6. The summed E-state index contributed by atoms with van der Waals surface area (Å²) in [4.78, 5) is 13.0. The molecule has 6 heteroatoms. The fourth-order valence-electron chi connectivity index (χ4n) is 2.69. The molecule has 126 valence electrons. The van der Waals surface area contributed by atoms with Crippen LogP contribution < -0.4 is 15.8 Å². The number of nitrogen functional groups attached to an aromatic ring is 1. The van der Waals surface area contributed by atoms with Crippen LogP contribution >= 0.6 is 0 Å². The number of aromatic nitrogens is 3. The normalized spacial score (nSPS) is 17.1. The predicted molar refractivity (Wildman–Crippen MR) is 93.5 cm³/mol. The molecule has 2 fully saturated rings. The van der Waals surface area contributed by atoms with E-state index in [4.69, 9.17) is 10.5 Å². The van der Waals surface area contributed by atoms with Crippen LogP contribution in [0, 0.1) is 0 Å². The number of hydrogen-bond acceptors (Lipinski definition) is 6. The molecule has 2 aromatic heterocycles. The van der Waals surface area contributed by atoms with Crippen molar-refractivity contribution in [2.24, 2.45) is 0 Å². The van der Waals surface area contributed by atoms with Crippen molar-refractivity contribution >= 4 is 11.8 Å². The number of nitrogens with one attached hydrogen (secondary N) is 1. The maximum atomic E-state index is 6.22. The highest BCUT2D eigenvalue weighted by Gasteiger charge is 2.27. The van der Waals surface area contributed by atoms with E-state index in [0.29, 0.717) is 29.4 Å². The third kappa shape index (κ3) is 3.27. The Balaban J connectivity index is 1.67. The van der Waals surface area contributed by atoms with Gasteiger partial charge in [-0.25, -0.2) is 4.98 Å². The minimum absolute atomic E-state index is 0.253. The second-order valence-corrected chi connectivity index (χ2v) is 7.04. The molecule has 0 aromatic carbocycles. The zero-order valence-corrected chi connectivity index (χ0v) is 14.1. The van der Waals surface area contributed by atoms with Gasteiger partial charge >= 0.3 is 0 Å². The molecule has 0 unspecified atom stereocenters. The lowest BCUT2D eigenvalue weighted by Gasteiger charge is -2.16. The van der Waals surface area contributed by atoms with Crippen molar-refractivity contribution in [1.82, 2.24) is 15.0 Å². The van der Waals surface area contributed by atoms with Crippen LogP contribution in [0.3, 0.4) is 0 Å². The van der Waals surface area contributed by atoms with Crippen LogP contribution in [0.5, 0.6) is 11.5 Å². The Labute approximate surface area is 141 Å². The molecule has 0 aliphatic heterocycles. The van der Waals surface area contributed by atoms with Crippen molar-refractivity contribution in [3.05, 3.63) is 29.7 Å². The van der Waals surface area contributed by atoms with Crippen LogP contribution in [0.15, 0.2) is 18.5 Å². The molecule has 2 saturated carbocycles. The maximum absolute atomic E-state index is 6.22. The fraction of sp³-hybridized carbons (Fsp3) is 0.500. The Morgan fingerprint density at radius 1 is 1.12 bits per heavy atom. The van der Waals surface area contributed by atoms with E-state index < -0.39 is 0 Å². The number of ether oxygens (including phenoxy) is 1. The largest absolute Gasteiger partial charge is 0.451 e. The second kappa shape index (κ2) is 5.92. The third-order valence-corrected chi connectivity index (χ3v) is 4.45. The smallest absolute Gasteiger partial charge is 0.222 e. The molecule has 2 heterocycles. The van der Waals surface area contributed by atoms with Gasteiger partial charge in [0, 0.05) is 35.5 Å². The Morgan fingerprint density at radius 3 is 2.58 bits per heavy atom. The zero-order chi connectivity index (χ0) is 16.7. The molecule has 6 nitrogen and oxygen atoms in total. The third-order valence-electron chi connectivity index (χ3n) is 4.45. The zero-order valence-electron chi connectivity index (χ0n) is 14.1. The minimum Gasteiger partial charge on any atom is -0.451 e. The van der Waals surface area contributed by atoms with Gasteiger partial charge in [-0.2, -0.15) is 4.98 Å². The van der Waals surface area contributed by atoms with Gasteiger partial charge in [0.05, 0.1) is 6.20 Å². The first kappa shape index (κ1) is 15.2. The van der Waals surface area contributed by atoms with Gasteiger partial charge in [-0.3, -0.25) is 4.98 Å². The van der Waals surface area contributed by atoms with Crippen molar-refractivity contribution in [2.75, 3.05) is 11.1 Å². The van der Waals surface area contributed by atoms with Crippen molar-refractivity contribution in [1.29, 1.82) is 0 Å². The molecule has 0 radical (unpaired) electrons. The minimum atomic E-state index is 0.253. The number of nitrogens with two attached hydrogens (primary N) is 1. The second-order valence-electron chi connectivity index (χ2n) is 7.04. The van der Waals surface area contributed by atoms with Crippen LogP contribution in [-0.4, -0.2) is 21.0 Å². The molecular formula is C18H23N5O. The Hall–Kier alpha value is -2.37. The first-order valence-corrected chi connectivity index (χ1v) is 8.67. The van der Waals surface area contributed by atoms with Crippen LogP contribution in [0.1, 0.15) is 62.6 Å². The summed E-state index contributed by atoms with van der Waals surface area (Å²) < 4.78 is 6.22. The summed E-state index contributed by atoms with van der Waals surface area (Å²) in [5.41, 5.74) is 7.94. The highest BCUT2D eigenvalue weighted by Crippen LogP contribution is 2.42. The van der Waals surface area contributed by atoms with Gasteiger partial charge in [0.2, 0.25) is 5.95 Å². The van der Waals surface area contributed by atoms with E-state index in [1.165, 1.54) is 12.8 Å². The molecule has 4 rings (SSSR count). The lowest BCUT2D eigenvalue weighted by molar-refractivity contribution is 0.468. The van der Waals surface area contributed by atoms with E-state index in [0.717, 1.165) is 29.8 Å². The van der Waals surface area contributed by atoms with E-state index in [1.54, 1.807) is 6.20 Å². The number of hydrogen-bond donors (Lipinski definition) is 2. The predicted octanol–water partition coefficient (Wildman–Crippen LogP) is 3.82. The molecule has 2 aliphatic rings. The lowest BCUT2D eigenvalue weighted by Crippen LogP contribution is -2.08. The van der Waals surface area contributed by atoms with Gasteiger partial charge in [0.15, 0.2) is 11.6 Å². The molecule has 3 N–H and O–H groups in total. The van der Waals surface area contributed by atoms with E-state index >= 15 is 0 Å². The van der Waals surface area contributed by atoms with Crippen molar-refractivity contribution in [3.8, 4) is 11.5 Å². The lowest BCUT2D eigenvalue weighted by atomic mass is 10.0. The van der Waals surface area contributed by atoms with Gasteiger partial charge in [-0.1, -0.05) is 13.8 Å². The van der Waals surface area contributed by atoms with Gasteiger partial charge < -0.3 is 15.8 Å². The molecule has 0 bridgehead atoms. The summed E-state index contributed by atoms with van der Waals surface area (Å²) in [6.45, 7) is 4.28. The molecular weight excluding hydrogens is 302 g/mol. The Bertz CT molecular complexity index is 753. The van der Waals surface area contributed by atoms with Crippen LogP contribution in [0.25, 0.3) is 0 Å². The van der Waals surface area contributed by atoms with Gasteiger partial charge in [-0.05, 0) is 31.6 Å². The molecule has 0 atom stereocenters. The standard InChI is InChI=1S/C18H23N5O/c1-10(2)13-8-20-14(11-3-4-11)7-15(13)24-16-9-21-18(19)23-17(16)22-12-5-6-12/h7-12H,3-6H2,1-2H3,(H3,19,21,22,23).